The number of alkyl carbamates (subject to hydrolysis) is 1. The second-order valence-electron chi connectivity index (χ2n) is 10.8. The molecular weight excluding hydrogens is 598 g/mol. The molecule has 0 radical (unpaired) electrons. The minimum atomic E-state index is -1.32. The Balaban J connectivity index is 1.25. The number of nitrogens with one attached hydrogen (secondary N) is 1. The molecule has 47 heavy (non-hydrogen) atoms. The van der Waals surface area contributed by atoms with Gasteiger partial charge in [0.1, 0.15) is 12.4 Å². The van der Waals surface area contributed by atoms with Gasteiger partial charge >= 0.3 is 18.0 Å². The highest BCUT2D eigenvalue weighted by Gasteiger charge is 2.25. The average Bonchev–Trinajstić information content (AvgIpc) is 3.47. The van der Waals surface area contributed by atoms with Crippen LogP contribution < -0.4 is 10.1 Å². The second kappa shape index (κ2) is 13.8. The van der Waals surface area contributed by atoms with E-state index in [9.17, 15) is 19.2 Å². The van der Waals surface area contributed by atoms with Crippen LogP contribution >= 0.6 is 0 Å². The number of carboxylic acids is 1. The molecule has 1 aliphatic rings. The molecule has 0 spiro atoms. The first-order valence-corrected chi connectivity index (χ1v) is 14.8. The maximum atomic E-state index is 13.7. The average molecular weight is 628 g/mol. The van der Waals surface area contributed by atoms with Gasteiger partial charge < -0.3 is 19.3 Å². The number of aliphatic carboxylic acids is 1. The van der Waals surface area contributed by atoms with Crippen molar-refractivity contribution >= 4 is 23.8 Å². The van der Waals surface area contributed by atoms with Crippen molar-refractivity contribution < 1.29 is 38.5 Å². The first-order valence-electron chi connectivity index (χ1n) is 14.8. The van der Waals surface area contributed by atoms with Gasteiger partial charge in [-0.25, -0.2) is 14.4 Å². The van der Waals surface area contributed by atoms with Gasteiger partial charge in [0.05, 0.1) is 5.56 Å². The lowest BCUT2D eigenvalue weighted by Gasteiger charge is -2.20. The van der Waals surface area contributed by atoms with Crippen LogP contribution in [0.2, 0.25) is 0 Å². The van der Waals surface area contributed by atoms with E-state index < -0.39 is 30.9 Å². The van der Waals surface area contributed by atoms with Crippen molar-refractivity contribution in [2.24, 2.45) is 0 Å². The van der Waals surface area contributed by atoms with Gasteiger partial charge in [-0.15, -0.1) is 0 Å². The van der Waals surface area contributed by atoms with Crippen molar-refractivity contribution in [3.05, 3.63) is 160 Å². The van der Waals surface area contributed by atoms with Gasteiger partial charge in [-0.05, 0) is 59.0 Å². The number of amides is 1. The molecule has 0 saturated carbocycles. The minimum absolute atomic E-state index is 0.198. The second-order valence-corrected chi connectivity index (χ2v) is 10.8. The lowest BCUT2D eigenvalue weighted by Crippen LogP contribution is -2.32. The monoisotopic (exact) mass is 627 g/mol. The molecule has 0 bridgehead atoms. The van der Waals surface area contributed by atoms with Crippen molar-refractivity contribution in [2.75, 3.05) is 6.61 Å². The van der Waals surface area contributed by atoms with Gasteiger partial charge in [0, 0.05) is 22.3 Å². The van der Waals surface area contributed by atoms with E-state index in [1.54, 1.807) is 66.7 Å². The molecule has 1 aliphatic carbocycles. The number of hydrogen-bond acceptors (Lipinski definition) is 7. The third-order valence-corrected chi connectivity index (χ3v) is 7.66. The molecule has 5 aromatic rings. The van der Waals surface area contributed by atoms with E-state index in [1.165, 1.54) is 12.1 Å². The number of esters is 1. The molecule has 9 heteroatoms. The van der Waals surface area contributed by atoms with Gasteiger partial charge in [-0.3, -0.25) is 10.1 Å². The number of fused-ring (bicyclic) bond motifs is 3. The van der Waals surface area contributed by atoms with Crippen LogP contribution in [0, 0.1) is 0 Å². The number of carbonyl (C=O) groups excluding carboxylic acids is 3. The fourth-order valence-corrected chi connectivity index (χ4v) is 5.45. The zero-order valence-corrected chi connectivity index (χ0v) is 25.1. The summed E-state index contributed by atoms with van der Waals surface area (Å²) in [6, 6.07) is 35.1. The number of carboxylic acid groups (broad SMARTS) is 1. The zero-order valence-electron chi connectivity index (χ0n) is 25.1. The highest BCUT2D eigenvalue weighted by molar-refractivity contribution is 6.10. The highest BCUT2D eigenvalue weighted by Crippen LogP contribution is 2.38. The van der Waals surface area contributed by atoms with Crippen LogP contribution in [0.4, 0.5) is 4.79 Å². The Morgan fingerprint density at radius 1 is 0.723 bits per heavy atom. The van der Waals surface area contributed by atoms with Crippen LogP contribution in [0.3, 0.4) is 0 Å². The third-order valence-electron chi connectivity index (χ3n) is 7.66. The van der Waals surface area contributed by atoms with Crippen molar-refractivity contribution in [1.82, 2.24) is 5.32 Å². The first-order chi connectivity index (χ1) is 22.9. The summed E-state index contributed by atoms with van der Waals surface area (Å²) < 4.78 is 16.6. The number of hydrogen-bond donors (Lipinski definition) is 2. The van der Waals surface area contributed by atoms with E-state index in [2.05, 4.69) is 11.4 Å². The molecule has 0 aliphatic heterocycles. The molecular formula is C38H29NO8. The summed E-state index contributed by atoms with van der Waals surface area (Å²) in [7, 11) is 0. The number of benzene rings is 5. The Hall–Kier alpha value is -6.22. The smallest absolute Gasteiger partial charge is 0.410 e. The Morgan fingerprint density at radius 3 is 2.17 bits per heavy atom. The molecule has 6 rings (SSSR count). The molecule has 1 amide bonds. The predicted molar refractivity (Wildman–Crippen MR) is 172 cm³/mol. The number of rotatable bonds is 11. The lowest BCUT2D eigenvalue weighted by molar-refractivity contribution is -0.139. The number of carbonyl (C=O) groups is 4. The van der Waals surface area contributed by atoms with Crippen LogP contribution in [-0.2, 0) is 27.3 Å². The van der Waals surface area contributed by atoms with E-state index in [-0.39, 0.29) is 23.7 Å². The van der Waals surface area contributed by atoms with Crippen molar-refractivity contribution in [3.8, 4) is 16.9 Å². The molecule has 2 N–H and O–H groups in total. The molecule has 1 unspecified atom stereocenters. The summed E-state index contributed by atoms with van der Waals surface area (Å²) in [6.45, 7) is -0.812. The van der Waals surface area contributed by atoms with Crippen molar-refractivity contribution in [2.45, 2.75) is 19.3 Å². The van der Waals surface area contributed by atoms with Crippen molar-refractivity contribution in [1.29, 1.82) is 0 Å². The Morgan fingerprint density at radius 2 is 1.43 bits per heavy atom. The Kier molecular flexibility index (Phi) is 9.06. The van der Waals surface area contributed by atoms with E-state index in [4.69, 9.17) is 19.3 Å². The summed E-state index contributed by atoms with van der Waals surface area (Å²) in [6.07, 6.45) is -1.54. The van der Waals surface area contributed by atoms with Gasteiger partial charge in [0.2, 0.25) is 6.23 Å². The normalized spacial score (nSPS) is 11.8. The standard InChI is InChI=1S/C38H29NO8/c40-34(41)23-45-30-16-9-15-27(20-30)36(47-37(43)25-12-5-2-6-13-25)39-38(44)46-22-29-19-28-18-26-14-7-8-17-31(26)32(28)21-33(29)35(42)24-10-3-1-4-11-24/h1-17,19-21,36H,18,22-23H2,(H,39,44)(H,40,41). The lowest BCUT2D eigenvalue weighted by atomic mass is 9.93. The van der Waals surface area contributed by atoms with E-state index in [1.807, 2.05) is 36.4 Å². The van der Waals surface area contributed by atoms with Gasteiger partial charge in [0.15, 0.2) is 12.4 Å². The van der Waals surface area contributed by atoms with Gasteiger partial charge in [0.25, 0.3) is 0 Å². The van der Waals surface area contributed by atoms with Crippen LogP contribution in [-0.4, -0.2) is 35.5 Å². The molecule has 5 aromatic carbocycles. The highest BCUT2D eigenvalue weighted by atomic mass is 16.6. The number of ketones is 1. The molecule has 9 nitrogen and oxygen atoms in total. The Bertz CT molecular complexity index is 1960. The van der Waals surface area contributed by atoms with Crippen LogP contribution in [0.25, 0.3) is 11.1 Å². The van der Waals surface area contributed by atoms with E-state index >= 15 is 0 Å². The Labute approximate surface area is 270 Å². The van der Waals surface area contributed by atoms with Crippen LogP contribution in [0.5, 0.6) is 5.75 Å². The quantitative estimate of drug-likeness (QED) is 0.0919. The largest absolute Gasteiger partial charge is 0.482 e. The summed E-state index contributed by atoms with van der Waals surface area (Å²) in [5, 5.41) is 11.6. The summed E-state index contributed by atoms with van der Waals surface area (Å²) >= 11 is 0. The molecule has 0 heterocycles. The predicted octanol–water partition coefficient (Wildman–Crippen LogP) is 6.73. The van der Waals surface area contributed by atoms with Gasteiger partial charge in [-0.2, -0.15) is 0 Å². The summed E-state index contributed by atoms with van der Waals surface area (Å²) in [5.41, 5.74) is 6.20. The fraction of sp³-hybridized carbons (Fsp3) is 0.105. The topological polar surface area (TPSA) is 128 Å². The summed E-state index contributed by atoms with van der Waals surface area (Å²) in [5.74, 6) is -1.87. The van der Waals surface area contributed by atoms with E-state index in [0.717, 1.165) is 22.3 Å². The minimum Gasteiger partial charge on any atom is -0.482 e. The van der Waals surface area contributed by atoms with Crippen LogP contribution in [0.1, 0.15) is 54.8 Å². The molecule has 1 atom stereocenters. The SMILES string of the molecule is O=C(O)COc1cccc(C(NC(=O)OCc2cc3c(cc2C(=O)c2ccccc2)-c2ccccc2C3)OC(=O)c2ccccc2)c1. The van der Waals surface area contributed by atoms with E-state index in [0.29, 0.717) is 28.7 Å². The molecule has 234 valence electrons. The maximum Gasteiger partial charge on any atom is 0.410 e. The molecule has 0 saturated heterocycles. The van der Waals surface area contributed by atoms with Crippen molar-refractivity contribution in [3.63, 3.8) is 0 Å². The fourth-order valence-electron chi connectivity index (χ4n) is 5.45. The zero-order chi connectivity index (χ0) is 32.8. The van der Waals surface area contributed by atoms with Crippen LogP contribution in [0.15, 0.2) is 121 Å². The number of ether oxygens (including phenoxy) is 3. The maximum absolute atomic E-state index is 13.7. The first kappa shape index (κ1) is 30.8. The molecule has 0 aromatic heterocycles. The third kappa shape index (κ3) is 7.20. The molecule has 0 fully saturated rings. The summed E-state index contributed by atoms with van der Waals surface area (Å²) in [4.78, 5) is 51.0. The van der Waals surface area contributed by atoms with Gasteiger partial charge in [-0.1, -0.05) is 91.0 Å².